The van der Waals surface area contributed by atoms with Gasteiger partial charge in [-0.1, -0.05) is 15.9 Å². The van der Waals surface area contributed by atoms with Crippen molar-refractivity contribution in [3.05, 3.63) is 25.6 Å². The fourth-order valence-corrected chi connectivity index (χ4v) is 4.13. The summed E-state index contributed by atoms with van der Waals surface area (Å²) in [7, 11) is 0. The minimum Gasteiger partial charge on any atom is -0.395 e. The summed E-state index contributed by atoms with van der Waals surface area (Å²) in [5, 5.41) is 11.9. The number of rotatable bonds is 6. The van der Waals surface area contributed by atoms with Crippen LogP contribution in [0.25, 0.3) is 0 Å². The lowest BCUT2D eigenvalue weighted by Gasteiger charge is -2.25. The van der Waals surface area contributed by atoms with E-state index in [4.69, 9.17) is 5.11 Å². The normalized spacial score (nSPS) is 11.2. The first-order chi connectivity index (χ1) is 9.35. The highest BCUT2D eigenvalue weighted by molar-refractivity contribution is 9.11. The number of aliphatic hydroxyl groups excluding tert-OH is 1. The largest absolute Gasteiger partial charge is 0.395 e. The quantitative estimate of drug-likeness (QED) is 0.665. The maximum Gasteiger partial charge on any atom is 0.238 e. The van der Waals surface area contributed by atoms with Gasteiger partial charge in [0.05, 0.1) is 18.8 Å². The molecule has 1 aromatic carbocycles. The molecule has 0 saturated heterocycles. The highest BCUT2D eigenvalue weighted by Gasteiger charge is 2.16. The van der Waals surface area contributed by atoms with E-state index in [2.05, 4.69) is 53.1 Å². The van der Waals surface area contributed by atoms with Gasteiger partial charge in [-0.3, -0.25) is 9.69 Å². The van der Waals surface area contributed by atoms with Crippen LogP contribution >= 0.6 is 47.8 Å². The van der Waals surface area contributed by atoms with Gasteiger partial charge in [-0.25, -0.2) is 0 Å². The Balaban J connectivity index is 2.76. The summed E-state index contributed by atoms with van der Waals surface area (Å²) in [5.41, 5.74) is 0.700. The molecule has 0 saturated carbocycles. The SMILES string of the molecule is CC(C)N(CCO)CC(=O)Nc1c(Br)cc(Br)cc1Br. The van der Waals surface area contributed by atoms with E-state index in [0.717, 1.165) is 13.4 Å². The van der Waals surface area contributed by atoms with Crippen molar-refractivity contribution in [1.29, 1.82) is 0 Å². The summed E-state index contributed by atoms with van der Waals surface area (Å²) in [6.07, 6.45) is 0. The molecule has 0 aliphatic carbocycles. The van der Waals surface area contributed by atoms with E-state index in [-0.39, 0.29) is 25.1 Å². The van der Waals surface area contributed by atoms with E-state index in [1.54, 1.807) is 0 Å². The molecule has 112 valence electrons. The Hall–Kier alpha value is 0.0500. The molecule has 2 N–H and O–H groups in total. The Bertz CT molecular complexity index is 458. The second-order valence-electron chi connectivity index (χ2n) is 4.58. The van der Waals surface area contributed by atoms with Crippen molar-refractivity contribution in [2.75, 3.05) is 25.0 Å². The van der Waals surface area contributed by atoms with E-state index >= 15 is 0 Å². The predicted octanol–water partition coefficient (Wildman–Crippen LogP) is 3.62. The van der Waals surface area contributed by atoms with E-state index in [9.17, 15) is 4.79 Å². The summed E-state index contributed by atoms with van der Waals surface area (Å²) >= 11 is 10.2. The van der Waals surface area contributed by atoms with Crippen molar-refractivity contribution in [2.45, 2.75) is 19.9 Å². The third-order valence-corrected chi connectivity index (χ3v) is 4.44. The van der Waals surface area contributed by atoms with Crippen LogP contribution < -0.4 is 5.32 Å². The number of aliphatic hydroxyl groups is 1. The minimum absolute atomic E-state index is 0.0388. The van der Waals surface area contributed by atoms with Crippen LogP contribution in [0.2, 0.25) is 0 Å². The molecular weight excluding hydrogens is 456 g/mol. The summed E-state index contributed by atoms with van der Waals surface area (Å²) in [6, 6.07) is 3.94. The number of amides is 1. The molecule has 20 heavy (non-hydrogen) atoms. The van der Waals surface area contributed by atoms with Gasteiger partial charge in [0.1, 0.15) is 0 Å². The second-order valence-corrected chi connectivity index (χ2v) is 7.20. The number of carbonyl (C=O) groups excluding carboxylic acids is 1. The first kappa shape index (κ1) is 18.1. The lowest BCUT2D eigenvalue weighted by Crippen LogP contribution is -2.39. The molecular formula is C13H17Br3N2O2. The van der Waals surface area contributed by atoms with Crippen LogP contribution in [0.3, 0.4) is 0 Å². The fraction of sp³-hybridized carbons (Fsp3) is 0.462. The van der Waals surface area contributed by atoms with Crippen LogP contribution in [-0.4, -0.2) is 41.7 Å². The maximum absolute atomic E-state index is 12.1. The number of carbonyl (C=O) groups is 1. The number of benzene rings is 1. The number of hydrogen-bond donors (Lipinski definition) is 2. The van der Waals surface area contributed by atoms with Crippen LogP contribution in [0.4, 0.5) is 5.69 Å². The monoisotopic (exact) mass is 470 g/mol. The molecule has 1 amide bonds. The zero-order valence-electron chi connectivity index (χ0n) is 11.3. The Kier molecular flexibility index (Phi) is 7.68. The Labute approximate surface area is 144 Å². The molecule has 1 rings (SSSR count). The lowest BCUT2D eigenvalue weighted by molar-refractivity contribution is -0.117. The van der Waals surface area contributed by atoms with Crippen molar-refractivity contribution in [3.63, 3.8) is 0 Å². The van der Waals surface area contributed by atoms with Crippen LogP contribution in [-0.2, 0) is 4.79 Å². The number of hydrogen-bond acceptors (Lipinski definition) is 3. The van der Waals surface area contributed by atoms with Gasteiger partial charge in [0, 0.05) is 26.0 Å². The Morgan fingerprint density at radius 2 is 1.85 bits per heavy atom. The molecule has 0 unspecified atom stereocenters. The highest BCUT2D eigenvalue weighted by Crippen LogP contribution is 2.34. The van der Waals surface area contributed by atoms with Crippen molar-refractivity contribution in [1.82, 2.24) is 4.90 Å². The number of anilines is 1. The van der Waals surface area contributed by atoms with Crippen molar-refractivity contribution < 1.29 is 9.90 Å². The van der Waals surface area contributed by atoms with Crippen LogP contribution in [0.5, 0.6) is 0 Å². The summed E-state index contributed by atoms with van der Waals surface area (Å²) in [6.45, 7) is 4.75. The maximum atomic E-state index is 12.1. The lowest BCUT2D eigenvalue weighted by atomic mass is 10.3. The summed E-state index contributed by atoms with van der Waals surface area (Å²) in [5.74, 6) is -0.115. The number of nitrogens with one attached hydrogen (secondary N) is 1. The van der Waals surface area contributed by atoms with Gasteiger partial charge in [-0.05, 0) is 57.8 Å². The molecule has 0 atom stereocenters. The third-order valence-electron chi connectivity index (χ3n) is 2.74. The average molecular weight is 473 g/mol. The van der Waals surface area contributed by atoms with Gasteiger partial charge < -0.3 is 10.4 Å². The first-order valence-corrected chi connectivity index (χ1v) is 8.52. The van der Waals surface area contributed by atoms with E-state index in [1.807, 2.05) is 30.9 Å². The van der Waals surface area contributed by atoms with Crippen LogP contribution in [0, 0.1) is 0 Å². The van der Waals surface area contributed by atoms with Gasteiger partial charge in [0.15, 0.2) is 0 Å². The van der Waals surface area contributed by atoms with Gasteiger partial charge in [0.2, 0.25) is 5.91 Å². The predicted molar refractivity (Wildman–Crippen MR) is 92.0 cm³/mol. The Morgan fingerprint density at radius 3 is 2.30 bits per heavy atom. The van der Waals surface area contributed by atoms with Crippen molar-refractivity contribution in [3.8, 4) is 0 Å². The molecule has 0 heterocycles. The fourth-order valence-electron chi connectivity index (χ4n) is 1.67. The minimum atomic E-state index is -0.115. The van der Waals surface area contributed by atoms with E-state index < -0.39 is 0 Å². The van der Waals surface area contributed by atoms with Gasteiger partial charge in [0.25, 0.3) is 0 Å². The molecule has 0 spiro atoms. The first-order valence-electron chi connectivity index (χ1n) is 6.14. The molecule has 1 aromatic rings. The molecule has 7 heteroatoms. The smallest absolute Gasteiger partial charge is 0.238 e. The zero-order chi connectivity index (χ0) is 15.3. The van der Waals surface area contributed by atoms with Crippen molar-refractivity contribution in [2.24, 2.45) is 0 Å². The molecule has 0 radical (unpaired) electrons. The average Bonchev–Trinajstić information content (AvgIpc) is 2.33. The van der Waals surface area contributed by atoms with E-state index in [1.165, 1.54) is 0 Å². The topological polar surface area (TPSA) is 52.6 Å². The Morgan fingerprint density at radius 1 is 1.30 bits per heavy atom. The molecule has 0 aromatic heterocycles. The standard InChI is InChI=1S/C13H17Br3N2O2/c1-8(2)18(3-4-19)7-12(20)17-13-10(15)5-9(14)6-11(13)16/h5-6,8,19H,3-4,7H2,1-2H3,(H,17,20). The highest BCUT2D eigenvalue weighted by atomic mass is 79.9. The van der Waals surface area contributed by atoms with Crippen LogP contribution in [0.1, 0.15) is 13.8 Å². The molecule has 0 bridgehead atoms. The summed E-state index contributed by atoms with van der Waals surface area (Å²) < 4.78 is 2.51. The van der Waals surface area contributed by atoms with Gasteiger partial charge in [-0.2, -0.15) is 0 Å². The second kappa shape index (κ2) is 8.48. The number of halogens is 3. The van der Waals surface area contributed by atoms with Gasteiger partial charge >= 0.3 is 0 Å². The van der Waals surface area contributed by atoms with Crippen molar-refractivity contribution >= 4 is 59.4 Å². The molecule has 0 aliphatic heterocycles. The van der Waals surface area contributed by atoms with Crippen LogP contribution in [0.15, 0.2) is 25.6 Å². The van der Waals surface area contributed by atoms with E-state index in [0.29, 0.717) is 12.2 Å². The molecule has 0 aliphatic rings. The summed E-state index contributed by atoms with van der Waals surface area (Å²) in [4.78, 5) is 14.0. The molecule has 0 fully saturated rings. The number of nitrogens with zero attached hydrogens (tertiary/aromatic N) is 1. The molecule has 4 nitrogen and oxygen atoms in total. The third kappa shape index (κ3) is 5.44. The zero-order valence-corrected chi connectivity index (χ0v) is 16.0. The van der Waals surface area contributed by atoms with Gasteiger partial charge in [-0.15, -0.1) is 0 Å².